The van der Waals surface area contributed by atoms with E-state index in [-0.39, 0.29) is 0 Å². The van der Waals surface area contributed by atoms with Crippen molar-refractivity contribution in [3.05, 3.63) is 210 Å². The van der Waals surface area contributed by atoms with Gasteiger partial charge in [0.25, 0.3) is 0 Å². The zero-order chi connectivity index (χ0) is 39.2. The molecule has 0 unspecified atom stereocenters. The lowest BCUT2D eigenvalue weighted by atomic mass is 9.94. The molecule has 0 N–H and O–H groups in total. The van der Waals surface area contributed by atoms with Crippen molar-refractivity contribution < 1.29 is 0 Å². The highest BCUT2D eigenvalue weighted by molar-refractivity contribution is 5.94. The fraction of sp³-hybridized carbons (Fsp3) is 0.0370. The first-order valence-electron chi connectivity index (χ1n) is 19.7. The Bertz CT molecular complexity index is 3280. The maximum atomic E-state index is 5.06. The van der Waals surface area contributed by atoms with Gasteiger partial charge in [-0.2, -0.15) is 0 Å². The minimum atomic E-state index is 0.925. The van der Waals surface area contributed by atoms with Gasteiger partial charge in [-0.05, 0) is 124 Å². The van der Waals surface area contributed by atoms with E-state index < -0.39 is 0 Å². The Morgan fingerprint density at radius 2 is 1.02 bits per heavy atom. The molecule has 10 rings (SSSR count). The van der Waals surface area contributed by atoms with Crippen molar-refractivity contribution >= 4 is 51.1 Å². The van der Waals surface area contributed by atoms with Crippen LogP contribution in [0.3, 0.4) is 0 Å². The highest BCUT2D eigenvalue weighted by Gasteiger charge is 2.16. The second-order valence-electron chi connectivity index (χ2n) is 14.8. The fourth-order valence-electron chi connectivity index (χ4n) is 8.33. The normalized spacial score (nSPS) is 12.2. The second kappa shape index (κ2) is 14.5. The maximum absolute atomic E-state index is 5.06. The molecule has 4 heteroatoms. The van der Waals surface area contributed by atoms with Crippen molar-refractivity contribution in [2.24, 2.45) is 0 Å². The number of benzene rings is 8. The lowest BCUT2D eigenvalue weighted by molar-refractivity contribution is 1.10. The number of hydrogen-bond donors (Lipinski definition) is 0. The van der Waals surface area contributed by atoms with Crippen molar-refractivity contribution in [3.63, 3.8) is 0 Å². The van der Waals surface area contributed by atoms with Gasteiger partial charge in [0.2, 0.25) is 0 Å². The molecule has 0 saturated carbocycles. The smallest absolute Gasteiger partial charge is 0.145 e. The van der Waals surface area contributed by atoms with E-state index in [4.69, 9.17) is 9.97 Å². The number of allylic oxidation sites excluding steroid dienone is 2. The monoisotopic (exact) mass is 744 g/mol. The lowest BCUT2D eigenvalue weighted by Crippen LogP contribution is -2.24. The van der Waals surface area contributed by atoms with Crippen molar-refractivity contribution in [2.75, 3.05) is 0 Å². The summed E-state index contributed by atoms with van der Waals surface area (Å²) in [6, 6.07) is 64.1. The Labute approximate surface area is 337 Å². The van der Waals surface area contributed by atoms with Crippen LogP contribution in [0.25, 0.3) is 96.3 Å². The summed E-state index contributed by atoms with van der Waals surface area (Å²) >= 11 is 0. The minimum absolute atomic E-state index is 0.925. The zero-order valence-corrected chi connectivity index (χ0v) is 32.5. The van der Waals surface area contributed by atoms with E-state index >= 15 is 0 Å². The number of imidazole rings is 2. The van der Waals surface area contributed by atoms with E-state index in [0.29, 0.717) is 0 Å². The zero-order valence-electron chi connectivity index (χ0n) is 32.5. The molecule has 0 radical (unpaired) electrons. The van der Waals surface area contributed by atoms with E-state index in [1.54, 1.807) is 0 Å². The van der Waals surface area contributed by atoms with E-state index in [9.17, 15) is 0 Å². The summed E-state index contributed by atoms with van der Waals surface area (Å²) in [5.74, 6) is 1.86. The quantitative estimate of drug-likeness (QED) is 0.163. The van der Waals surface area contributed by atoms with E-state index in [1.165, 1.54) is 21.9 Å². The van der Waals surface area contributed by atoms with Crippen LogP contribution in [-0.2, 0) is 0 Å². The van der Waals surface area contributed by atoms with Gasteiger partial charge in [0.1, 0.15) is 11.6 Å². The molecule has 10 aromatic rings. The molecule has 0 aliphatic heterocycles. The molecule has 2 aromatic heterocycles. The van der Waals surface area contributed by atoms with E-state index in [2.05, 4.69) is 199 Å². The molecule has 0 amide bonds. The molecule has 0 spiro atoms. The van der Waals surface area contributed by atoms with Crippen LogP contribution >= 0.6 is 0 Å². The van der Waals surface area contributed by atoms with Crippen LogP contribution in [0.1, 0.15) is 18.1 Å². The van der Waals surface area contributed by atoms with Gasteiger partial charge in [-0.25, -0.2) is 9.97 Å². The maximum Gasteiger partial charge on any atom is 0.145 e. The molecule has 0 saturated heterocycles. The highest BCUT2D eigenvalue weighted by Crippen LogP contribution is 2.33. The molecule has 58 heavy (non-hydrogen) atoms. The van der Waals surface area contributed by atoms with Crippen molar-refractivity contribution in [1.29, 1.82) is 0 Å². The highest BCUT2D eigenvalue weighted by atomic mass is 15.1. The summed E-state index contributed by atoms with van der Waals surface area (Å²) in [6.45, 7) is 8.91. The molecular formula is C54H40N4. The van der Waals surface area contributed by atoms with Crippen molar-refractivity contribution in [2.45, 2.75) is 13.8 Å². The van der Waals surface area contributed by atoms with Crippen LogP contribution in [0.2, 0.25) is 0 Å². The van der Waals surface area contributed by atoms with E-state index in [1.807, 2.05) is 24.3 Å². The molecule has 8 aromatic carbocycles. The average Bonchev–Trinajstić information content (AvgIpc) is 3.86. The van der Waals surface area contributed by atoms with Gasteiger partial charge >= 0.3 is 0 Å². The van der Waals surface area contributed by atoms with Crippen LogP contribution in [0.5, 0.6) is 0 Å². The predicted octanol–water partition coefficient (Wildman–Crippen LogP) is 12.1. The Balaban J connectivity index is 0.959. The van der Waals surface area contributed by atoms with Gasteiger partial charge in [0.05, 0.1) is 22.1 Å². The van der Waals surface area contributed by atoms with Crippen LogP contribution in [-0.4, -0.2) is 19.1 Å². The van der Waals surface area contributed by atoms with Crippen molar-refractivity contribution in [3.8, 4) is 45.3 Å². The molecule has 2 heterocycles. The number of para-hydroxylation sites is 6. The average molecular weight is 745 g/mol. The minimum Gasteiger partial charge on any atom is -0.292 e. The fourth-order valence-corrected chi connectivity index (χ4v) is 8.33. The number of fused-ring (bicyclic) bond motifs is 3. The standard InChI is InChI=1S/C54H40N4/c1-4-38(39-23-27-41(28-24-39)53-55-48-19-11-13-21-50(48)57(53)46-15-7-5-8-16-46)34-43-31-32-44-35-45(33-36(2)52(44)37(43)3)40-25-29-42(30-26-40)54-56-49-20-12-14-22-51(49)58(54)47-17-9-6-10-18-47/h4-35H,3H2,1-2H3/b38-4+,43-34-. The molecule has 0 atom stereocenters. The Morgan fingerprint density at radius 3 is 1.57 bits per heavy atom. The largest absolute Gasteiger partial charge is 0.292 e. The summed E-state index contributed by atoms with van der Waals surface area (Å²) in [5, 5.41) is 4.51. The molecule has 4 nitrogen and oxygen atoms in total. The number of aromatic nitrogens is 4. The third-order valence-corrected chi connectivity index (χ3v) is 11.2. The van der Waals surface area contributed by atoms with Crippen molar-refractivity contribution in [1.82, 2.24) is 19.1 Å². The first-order valence-corrected chi connectivity index (χ1v) is 19.7. The summed E-state index contributed by atoms with van der Waals surface area (Å²) in [4.78, 5) is 10.1. The van der Waals surface area contributed by atoms with Gasteiger partial charge in [-0.3, -0.25) is 9.13 Å². The molecule has 276 valence electrons. The van der Waals surface area contributed by atoms with Gasteiger partial charge in [-0.15, -0.1) is 0 Å². The summed E-state index contributed by atoms with van der Waals surface area (Å²) in [6.07, 6.45) is 4.43. The Morgan fingerprint density at radius 1 is 0.517 bits per heavy atom. The van der Waals surface area contributed by atoms with Crippen LogP contribution in [0.4, 0.5) is 0 Å². The Kier molecular flexibility index (Phi) is 8.73. The van der Waals surface area contributed by atoms with Crippen LogP contribution < -0.4 is 10.4 Å². The number of nitrogens with zero attached hydrogens (tertiary/aromatic N) is 4. The van der Waals surface area contributed by atoms with Gasteiger partial charge in [0.15, 0.2) is 0 Å². The topological polar surface area (TPSA) is 35.6 Å². The summed E-state index contributed by atoms with van der Waals surface area (Å²) in [5.41, 5.74) is 14.3. The molecule has 0 bridgehead atoms. The second-order valence-corrected chi connectivity index (χ2v) is 14.8. The summed E-state index contributed by atoms with van der Waals surface area (Å²) in [7, 11) is 0. The van der Waals surface area contributed by atoms with Gasteiger partial charge < -0.3 is 0 Å². The number of rotatable bonds is 7. The predicted molar refractivity (Wildman–Crippen MR) is 244 cm³/mol. The third kappa shape index (κ3) is 6.12. The van der Waals surface area contributed by atoms with Gasteiger partial charge in [0, 0.05) is 22.5 Å². The molecular weight excluding hydrogens is 705 g/mol. The lowest BCUT2D eigenvalue weighted by Gasteiger charge is -2.12. The van der Waals surface area contributed by atoms with Gasteiger partial charge in [-0.1, -0.05) is 140 Å². The third-order valence-electron chi connectivity index (χ3n) is 11.2. The van der Waals surface area contributed by atoms with Crippen LogP contribution in [0.15, 0.2) is 188 Å². The Hall–Kier alpha value is -7.56. The molecule has 0 aliphatic rings. The SMILES string of the molecule is C=c1/c(=C\C(=C/C)c2ccc(-c3nc4ccccc4n3-c3ccccc3)cc2)ccc2cc(-c3ccc(-c4nc5ccccc5n4-c4ccccc4)cc3)cc(C)c12. The van der Waals surface area contributed by atoms with E-state index in [0.717, 1.165) is 83.4 Å². The molecule has 0 fully saturated rings. The first kappa shape index (κ1) is 34.9. The number of hydrogen-bond acceptors (Lipinski definition) is 2. The number of aryl methyl sites for hydroxylation is 1. The summed E-state index contributed by atoms with van der Waals surface area (Å²) < 4.78 is 4.48. The first-order chi connectivity index (χ1) is 28.5. The van der Waals surface area contributed by atoms with Crippen LogP contribution in [0, 0.1) is 6.92 Å². The molecule has 0 aliphatic carbocycles.